The van der Waals surface area contributed by atoms with Crippen molar-refractivity contribution in [1.29, 1.82) is 0 Å². The van der Waals surface area contributed by atoms with Crippen molar-refractivity contribution >= 4 is 15.7 Å². The first-order valence-corrected chi connectivity index (χ1v) is 9.11. The fourth-order valence-corrected chi connectivity index (χ4v) is 3.80. The second-order valence-corrected chi connectivity index (χ2v) is 7.65. The molecule has 0 amide bonds. The van der Waals surface area contributed by atoms with Gasteiger partial charge in [0.1, 0.15) is 0 Å². The first-order chi connectivity index (χ1) is 9.77. The van der Waals surface area contributed by atoms with Crippen LogP contribution in [0, 0.1) is 19.8 Å². The summed E-state index contributed by atoms with van der Waals surface area (Å²) in [5.41, 5.74) is 2.55. The Balaban J connectivity index is 2.96. The molecule has 1 aromatic carbocycles. The molecule has 5 heteroatoms. The summed E-state index contributed by atoms with van der Waals surface area (Å²) in [6.45, 7) is 11.3. The Morgan fingerprint density at radius 1 is 1.10 bits per heavy atom. The minimum absolute atomic E-state index is 0.410. The Labute approximate surface area is 129 Å². The monoisotopic (exact) mass is 312 g/mol. The molecule has 0 saturated carbocycles. The predicted molar refractivity (Wildman–Crippen MR) is 89.3 cm³/mol. The summed E-state index contributed by atoms with van der Waals surface area (Å²) < 4.78 is 27.6. The zero-order valence-corrected chi connectivity index (χ0v) is 14.6. The lowest BCUT2D eigenvalue weighted by atomic mass is 10.1. The molecule has 0 saturated heterocycles. The molecule has 0 fully saturated rings. The van der Waals surface area contributed by atoms with Gasteiger partial charge in [-0.25, -0.2) is 13.1 Å². The van der Waals surface area contributed by atoms with E-state index in [4.69, 9.17) is 0 Å². The van der Waals surface area contributed by atoms with E-state index in [9.17, 15) is 8.42 Å². The molecule has 1 aromatic rings. The van der Waals surface area contributed by atoms with Crippen LogP contribution in [-0.2, 0) is 10.0 Å². The van der Waals surface area contributed by atoms with Crippen LogP contribution in [0.5, 0.6) is 0 Å². The number of rotatable bonds is 8. The SMILES string of the molecule is CCCNc1cc(C)c(S(=O)(=O)NCCC(C)C)c(C)c1. The normalized spacial score (nSPS) is 11.9. The van der Waals surface area contributed by atoms with Crippen LogP contribution in [0.4, 0.5) is 5.69 Å². The smallest absolute Gasteiger partial charge is 0.241 e. The van der Waals surface area contributed by atoms with Crippen LogP contribution < -0.4 is 10.0 Å². The standard InChI is InChI=1S/C16H28N2O2S/c1-6-8-17-15-10-13(4)16(14(5)11-15)21(19,20)18-9-7-12(2)3/h10-12,17-18H,6-9H2,1-5H3. The first kappa shape index (κ1) is 18.0. The fourth-order valence-electron chi connectivity index (χ4n) is 2.30. The van der Waals surface area contributed by atoms with Crippen LogP contribution in [0.3, 0.4) is 0 Å². The molecule has 0 aliphatic rings. The lowest BCUT2D eigenvalue weighted by Crippen LogP contribution is -2.27. The topological polar surface area (TPSA) is 58.2 Å². The average Bonchev–Trinajstić information content (AvgIpc) is 2.34. The Morgan fingerprint density at radius 2 is 1.67 bits per heavy atom. The van der Waals surface area contributed by atoms with E-state index in [-0.39, 0.29) is 0 Å². The molecule has 0 heterocycles. The number of hydrogen-bond acceptors (Lipinski definition) is 3. The Hall–Kier alpha value is -1.07. The molecular weight excluding hydrogens is 284 g/mol. The van der Waals surface area contributed by atoms with E-state index in [0.717, 1.165) is 36.2 Å². The van der Waals surface area contributed by atoms with E-state index in [1.54, 1.807) is 0 Å². The molecule has 2 N–H and O–H groups in total. The second-order valence-electron chi connectivity index (χ2n) is 5.95. The van der Waals surface area contributed by atoms with E-state index < -0.39 is 10.0 Å². The lowest BCUT2D eigenvalue weighted by molar-refractivity contribution is 0.551. The van der Waals surface area contributed by atoms with Crippen LogP contribution in [-0.4, -0.2) is 21.5 Å². The molecule has 0 aliphatic carbocycles. The highest BCUT2D eigenvalue weighted by Crippen LogP contribution is 2.24. The summed E-state index contributed by atoms with van der Waals surface area (Å²) in [5.74, 6) is 0.482. The van der Waals surface area contributed by atoms with E-state index in [2.05, 4.69) is 30.8 Å². The van der Waals surface area contributed by atoms with Gasteiger partial charge in [0.05, 0.1) is 4.90 Å². The first-order valence-electron chi connectivity index (χ1n) is 7.62. The van der Waals surface area contributed by atoms with Gasteiger partial charge in [0.25, 0.3) is 0 Å². The fraction of sp³-hybridized carbons (Fsp3) is 0.625. The van der Waals surface area contributed by atoms with Crippen LogP contribution in [0.1, 0.15) is 44.7 Å². The van der Waals surface area contributed by atoms with Crippen LogP contribution >= 0.6 is 0 Å². The van der Waals surface area contributed by atoms with Crippen molar-refractivity contribution in [3.8, 4) is 0 Å². The summed E-state index contributed by atoms with van der Waals surface area (Å²) in [5, 5.41) is 3.30. The number of benzene rings is 1. The number of sulfonamides is 1. The highest BCUT2D eigenvalue weighted by Gasteiger charge is 2.19. The van der Waals surface area contributed by atoms with Gasteiger partial charge < -0.3 is 5.32 Å². The van der Waals surface area contributed by atoms with Gasteiger partial charge in [0, 0.05) is 18.8 Å². The molecule has 0 spiro atoms. The molecule has 0 aliphatic heterocycles. The molecular formula is C16H28N2O2S. The molecule has 120 valence electrons. The summed E-state index contributed by atoms with van der Waals surface area (Å²) in [7, 11) is -3.43. The zero-order chi connectivity index (χ0) is 16.0. The summed E-state index contributed by atoms with van der Waals surface area (Å²) in [6, 6.07) is 3.80. The van der Waals surface area contributed by atoms with Crippen molar-refractivity contribution < 1.29 is 8.42 Å². The number of nitrogens with one attached hydrogen (secondary N) is 2. The van der Waals surface area contributed by atoms with Crippen molar-refractivity contribution in [3.63, 3.8) is 0 Å². The van der Waals surface area contributed by atoms with Crippen LogP contribution in [0.25, 0.3) is 0 Å². The maximum Gasteiger partial charge on any atom is 0.241 e. The zero-order valence-electron chi connectivity index (χ0n) is 13.8. The minimum Gasteiger partial charge on any atom is -0.385 e. The van der Waals surface area contributed by atoms with Crippen molar-refractivity contribution in [2.24, 2.45) is 5.92 Å². The van der Waals surface area contributed by atoms with E-state index in [1.165, 1.54) is 0 Å². The van der Waals surface area contributed by atoms with Crippen LogP contribution in [0.15, 0.2) is 17.0 Å². The molecule has 21 heavy (non-hydrogen) atoms. The molecule has 0 radical (unpaired) electrons. The maximum absolute atomic E-state index is 12.4. The molecule has 0 aromatic heterocycles. The van der Waals surface area contributed by atoms with Gasteiger partial charge in [-0.15, -0.1) is 0 Å². The van der Waals surface area contributed by atoms with Crippen molar-refractivity contribution in [2.75, 3.05) is 18.4 Å². The third-order valence-electron chi connectivity index (χ3n) is 3.32. The van der Waals surface area contributed by atoms with Crippen LogP contribution in [0.2, 0.25) is 0 Å². The minimum atomic E-state index is -3.43. The molecule has 0 atom stereocenters. The van der Waals surface area contributed by atoms with E-state index in [1.807, 2.05) is 26.0 Å². The molecule has 0 unspecified atom stereocenters. The number of hydrogen-bond donors (Lipinski definition) is 2. The Morgan fingerprint density at radius 3 is 2.14 bits per heavy atom. The molecule has 4 nitrogen and oxygen atoms in total. The van der Waals surface area contributed by atoms with Crippen molar-refractivity contribution in [1.82, 2.24) is 4.72 Å². The van der Waals surface area contributed by atoms with E-state index in [0.29, 0.717) is 17.4 Å². The summed E-state index contributed by atoms with van der Waals surface area (Å²) in [4.78, 5) is 0.410. The summed E-state index contributed by atoms with van der Waals surface area (Å²) >= 11 is 0. The quantitative estimate of drug-likeness (QED) is 0.773. The van der Waals surface area contributed by atoms with Crippen molar-refractivity contribution in [2.45, 2.75) is 52.4 Å². The molecule has 0 bridgehead atoms. The average molecular weight is 312 g/mol. The Kier molecular flexibility index (Phi) is 6.68. The third-order valence-corrected chi connectivity index (χ3v) is 5.09. The largest absolute Gasteiger partial charge is 0.385 e. The third kappa shape index (κ3) is 5.32. The van der Waals surface area contributed by atoms with Gasteiger partial charge in [-0.2, -0.15) is 0 Å². The Bertz CT molecular complexity index is 543. The number of anilines is 1. The second kappa shape index (κ2) is 7.80. The van der Waals surface area contributed by atoms with Gasteiger partial charge in [0.2, 0.25) is 10.0 Å². The van der Waals surface area contributed by atoms with Gasteiger partial charge in [0.15, 0.2) is 0 Å². The molecule has 1 rings (SSSR count). The predicted octanol–water partition coefficient (Wildman–Crippen LogP) is 3.45. The highest BCUT2D eigenvalue weighted by molar-refractivity contribution is 7.89. The van der Waals surface area contributed by atoms with Gasteiger partial charge in [-0.3, -0.25) is 0 Å². The van der Waals surface area contributed by atoms with Gasteiger partial charge in [-0.05, 0) is 55.9 Å². The highest BCUT2D eigenvalue weighted by atomic mass is 32.2. The lowest BCUT2D eigenvalue weighted by Gasteiger charge is -2.15. The maximum atomic E-state index is 12.4. The summed E-state index contributed by atoms with van der Waals surface area (Å²) in [6.07, 6.45) is 1.88. The van der Waals surface area contributed by atoms with Gasteiger partial charge >= 0.3 is 0 Å². The van der Waals surface area contributed by atoms with Gasteiger partial charge in [-0.1, -0.05) is 20.8 Å². The van der Waals surface area contributed by atoms with Crippen molar-refractivity contribution in [3.05, 3.63) is 23.3 Å². The number of aryl methyl sites for hydroxylation is 2. The van der Waals surface area contributed by atoms with E-state index >= 15 is 0 Å².